The second-order valence-corrected chi connectivity index (χ2v) is 4.90. The standard InChI is InChI=1S/C12H13ClN4OS/c1-7-4-8(13)2-3-10(7)15-12(19)14-6-9-5-11(18)17-16-9/h2-5H,6H2,1H3,(H2,14,15,19)(H2,16,17,18). The maximum absolute atomic E-state index is 10.9. The third kappa shape index (κ3) is 3.84. The summed E-state index contributed by atoms with van der Waals surface area (Å²) in [6, 6.07) is 6.99. The van der Waals surface area contributed by atoms with Crippen LogP contribution in [0.15, 0.2) is 29.1 Å². The molecule has 1 heterocycles. The van der Waals surface area contributed by atoms with E-state index in [9.17, 15) is 4.79 Å². The molecule has 0 atom stereocenters. The van der Waals surface area contributed by atoms with Gasteiger partial charge in [0.05, 0.1) is 12.2 Å². The molecule has 1 aromatic carbocycles. The SMILES string of the molecule is Cc1cc(Cl)ccc1NC(=S)NCc1cc(=O)[nH][nH]1. The number of halogens is 1. The monoisotopic (exact) mass is 296 g/mol. The Morgan fingerprint density at radius 2 is 2.16 bits per heavy atom. The highest BCUT2D eigenvalue weighted by atomic mass is 35.5. The summed E-state index contributed by atoms with van der Waals surface area (Å²) in [7, 11) is 0. The molecule has 0 aliphatic carbocycles. The largest absolute Gasteiger partial charge is 0.357 e. The maximum Gasteiger partial charge on any atom is 0.264 e. The van der Waals surface area contributed by atoms with Gasteiger partial charge in [-0.1, -0.05) is 11.6 Å². The Labute approximate surface area is 120 Å². The number of hydrogen-bond donors (Lipinski definition) is 4. The van der Waals surface area contributed by atoms with Crippen LogP contribution in [0.4, 0.5) is 5.69 Å². The number of benzene rings is 1. The molecular weight excluding hydrogens is 284 g/mol. The third-order valence-corrected chi connectivity index (χ3v) is 3.01. The summed E-state index contributed by atoms with van der Waals surface area (Å²) in [5.74, 6) is 0. The molecule has 2 aromatic rings. The van der Waals surface area contributed by atoms with E-state index in [2.05, 4.69) is 20.8 Å². The van der Waals surface area contributed by atoms with E-state index in [0.29, 0.717) is 16.7 Å². The fraction of sp³-hybridized carbons (Fsp3) is 0.167. The lowest BCUT2D eigenvalue weighted by Crippen LogP contribution is -2.28. The normalized spacial score (nSPS) is 10.2. The van der Waals surface area contributed by atoms with Crippen molar-refractivity contribution in [2.75, 3.05) is 5.32 Å². The molecule has 0 aliphatic heterocycles. The number of anilines is 1. The van der Waals surface area contributed by atoms with Crippen LogP contribution in [0.1, 0.15) is 11.3 Å². The van der Waals surface area contributed by atoms with Crippen LogP contribution in [-0.4, -0.2) is 15.3 Å². The van der Waals surface area contributed by atoms with Crippen molar-refractivity contribution in [3.63, 3.8) is 0 Å². The van der Waals surface area contributed by atoms with Crippen molar-refractivity contribution in [1.29, 1.82) is 0 Å². The van der Waals surface area contributed by atoms with Gasteiger partial charge in [-0.3, -0.25) is 9.89 Å². The van der Waals surface area contributed by atoms with E-state index in [1.54, 1.807) is 6.07 Å². The molecule has 0 aliphatic rings. The van der Waals surface area contributed by atoms with E-state index in [4.69, 9.17) is 23.8 Å². The van der Waals surface area contributed by atoms with E-state index in [-0.39, 0.29) is 5.56 Å². The average Bonchev–Trinajstić information content (AvgIpc) is 2.76. The first-order valence-electron chi connectivity index (χ1n) is 5.62. The van der Waals surface area contributed by atoms with Crippen molar-refractivity contribution in [3.8, 4) is 0 Å². The zero-order valence-corrected chi connectivity index (χ0v) is 11.8. The Kier molecular flexibility index (Phi) is 4.24. The molecule has 0 unspecified atom stereocenters. The van der Waals surface area contributed by atoms with Crippen LogP contribution in [-0.2, 0) is 6.54 Å². The topological polar surface area (TPSA) is 72.7 Å². The molecule has 19 heavy (non-hydrogen) atoms. The Morgan fingerprint density at radius 3 is 2.79 bits per heavy atom. The molecule has 0 spiro atoms. The summed E-state index contributed by atoms with van der Waals surface area (Å²) in [5, 5.41) is 12.4. The fourth-order valence-electron chi connectivity index (χ4n) is 1.58. The first kappa shape index (κ1) is 13.6. The van der Waals surface area contributed by atoms with E-state index in [0.717, 1.165) is 16.9 Å². The van der Waals surface area contributed by atoms with Crippen molar-refractivity contribution in [2.45, 2.75) is 13.5 Å². The highest BCUT2D eigenvalue weighted by Gasteiger charge is 2.02. The highest BCUT2D eigenvalue weighted by Crippen LogP contribution is 2.19. The van der Waals surface area contributed by atoms with Gasteiger partial charge in [0, 0.05) is 16.8 Å². The molecule has 0 saturated carbocycles. The van der Waals surface area contributed by atoms with Gasteiger partial charge in [0.1, 0.15) is 0 Å². The molecule has 0 bridgehead atoms. The van der Waals surface area contributed by atoms with Gasteiger partial charge in [0.2, 0.25) is 0 Å². The summed E-state index contributed by atoms with van der Waals surface area (Å²) in [6.07, 6.45) is 0. The second kappa shape index (κ2) is 5.90. The molecule has 4 N–H and O–H groups in total. The number of aromatic nitrogens is 2. The lowest BCUT2D eigenvalue weighted by Gasteiger charge is -2.12. The van der Waals surface area contributed by atoms with Crippen molar-refractivity contribution in [2.24, 2.45) is 0 Å². The van der Waals surface area contributed by atoms with Crippen LogP contribution >= 0.6 is 23.8 Å². The number of aromatic amines is 2. The van der Waals surface area contributed by atoms with Crippen LogP contribution in [0.5, 0.6) is 0 Å². The molecule has 7 heteroatoms. The molecule has 100 valence electrons. The third-order valence-electron chi connectivity index (χ3n) is 2.53. The zero-order valence-electron chi connectivity index (χ0n) is 10.2. The first-order valence-corrected chi connectivity index (χ1v) is 6.41. The molecule has 0 amide bonds. The highest BCUT2D eigenvalue weighted by molar-refractivity contribution is 7.80. The van der Waals surface area contributed by atoms with Gasteiger partial charge in [-0.25, -0.2) is 0 Å². The number of rotatable bonds is 3. The predicted octanol–water partition coefficient (Wildman–Crippen LogP) is 2.15. The Balaban J connectivity index is 1.92. The van der Waals surface area contributed by atoms with Crippen molar-refractivity contribution in [3.05, 3.63) is 50.9 Å². The van der Waals surface area contributed by atoms with Gasteiger partial charge in [-0.2, -0.15) is 0 Å². The van der Waals surface area contributed by atoms with Gasteiger partial charge >= 0.3 is 0 Å². The fourth-order valence-corrected chi connectivity index (χ4v) is 1.99. The maximum atomic E-state index is 10.9. The number of thiocarbonyl (C=S) groups is 1. The van der Waals surface area contributed by atoms with E-state index in [1.807, 2.05) is 19.1 Å². The quantitative estimate of drug-likeness (QED) is 0.655. The van der Waals surface area contributed by atoms with Gasteiger partial charge < -0.3 is 15.7 Å². The number of hydrogen-bond acceptors (Lipinski definition) is 2. The molecule has 5 nitrogen and oxygen atoms in total. The lowest BCUT2D eigenvalue weighted by molar-refractivity contribution is 0.863. The van der Waals surface area contributed by atoms with E-state index < -0.39 is 0 Å². The minimum atomic E-state index is -0.163. The predicted molar refractivity (Wildman–Crippen MR) is 80.7 cm³/mol. The molecule has 1 aromatic heterocycles. The van der Waals surface area contributed by atoms with Crippen molar-refractivity contribution >= 4 is 34.6 Å². The summed E-state index contributed by atoms with van der Waals surface area (Å²) < 4.78 is 0. The molecule has 2 rings (SSSR count). The molecule has 0 fully saturated rings. The molecule has 0 saturated heterocycles. The van der Waals surface area contributed by atoms with Crippen molar-refractivity contribution < 1.29 is 0 Å². The lowest BCUT2D eigenvalue weighted by atomic mass is 10.2. The second-order valence-electron chi connectivity index (χ2n) is 4.05. The molecule has 0 radical (unpaired) electrons. The molecular formula is C12H13ClN4OS. The van der Waals surface area contributed by atoms with E-state index in [1.165, 1.54) is 6.07 Å². The van der Waals surface area contributed by atoms with Crippen LogP contribution in [0.2, 0.25) is 5.02 Å². The van der Waals surface area contributed by atoms with E-state index >= 15 is 0 Å². The summed E-state index contributed by atoms with van der Waals surface area (Å²) in [6.45, 7) is 2.39. The number of aryl methyl sites for hydroxylation is 1. The summed E-state index contributed by atoms with van der Waals surface area (Å²) in [5.41, 5.74) is 2.47. The Hall–Kier alpha value is -1.79. The smallest absolute Gasteiger partial charge is 0.264 e. The van der Waals surface area contributed by atoms with Gasteiger partial charge in [-0.05, 0) is 42.9 Å². The van der Waals surface area contributed by atoms with Crippen LogP contribution in [0.25, 0.3) is 0 Å². The first-order chi connectivity index (χ1) is 9.04. The summed E-state index contributed by atoms with van der Waals surface area (Å²) in [4.78, 5) is 10.9. The van der Waals surface area contributed by atoms with Crippen LogP contribution < -0.4 is 16.2 Å². The van der Waals surface area contributed by atoms with Crippen LogP contribution in [0, 0.1) is 6.92 Å². The van der Waals surface area contributed by atoms with Crippen LogP contribution in [0.3, 0.4) is 0 Å². The van der Waals surface area contributed by atoms with Gasteiger partial charge in [0.15, 0.2) is 5.11 Å². The van der Waals surface area contributed by atoms with Gasteiger partial charge in [0.25, 0.3) is 5.56 Å². The number of H-pyrrole nitrogens is 2. The van der Waals surface area contributed by atoms with Gasteiger partial charge in [-0.15, -0.1) is 0 Å². The summed E-state index contributed by atoms with van der Waals surface area (Å²) >= 11 is 11.1. The Morgan fingerprint density at radius 1 is 1.37 bits per heavy atom. The van der Waals surface area contributed by atoms with Crippen molar-refractivity contribution in [1.82, 2.24) is 15.5 Å². The minimum Gasteiger partial charge on any atom is -0.357 e. The zero-order chi connectivity index (χ0) is 13.8. The average molecular weight is 297 g/mol. The number of nitrogens with one attached hydrogen (secondary N) is 4. The minimum absolute atomic E-state index is 0.163. The Bertz CT molecular complexity index is 649.